The highest BCUT2D eigenvalue weighted by molar-refractivity contribution is 5.95. The van der Waals surface area contributed by atoms with Crippen LogP contribution in [0.3, 0.4) is 0 Å². The number of carbonyl (C=O) groups excluding carboxylic acids is 1. The first-order valence-electron chi connectivity index (χ1n) is 7.78. The van der Waals surface area contributed by atoms with Gasteiger partial charge in [0.15, 0.2) is 0 Å². The number of methoxy groups -OCH3 is 1. The van der Waals surface area contributed by atoms with Crippen molar-refractivity contribution < 1.29 is 14.3 Å². The van der Waals surface area contributed by atoms with Gasteiger partial charge in [-0.3, -0.25) is 4.79 Å². The second-order valence-corrected chi connectivity index (χ2v) is 5.60. The number of hydrogen-bond acceptors (Lipinski definition) is 4. The fourth-order valence-corrected chi connectivity index (χ4v) is 2.72. The summed E-state index contributed by atoms with van der Waals surface area (Å²) >= 11 is 0. The number of nitrogens with zero attached hydrogens (tertiary/aromatic N) is 2. The van der Waals surface area contributed by atoms with Crippen LogP contribution < -0.4 is 10.1 Å². The molecule has 1 aromatic heterocycles. The van der Waals surface area contributed by atoms with Crippen LogP contribution in [0, 0.1) is 6.92 Å². The summed E-state index contributed by atoms with van der Waals surface area (Å²) < 4.78 is 12.4. The first-order valence-corrected chi connectivity index (χ1v) is 7.78. The standard InChI is InChI=1S/C17H21N3O3/c1-12-16(17(21)18-10-15-4-3-9-23-15)11-19-20(12)13-5-7-14(22-2)8-6-13/h5-8,11,15H,3-4,9-10H2,1-2H3,(H,18,21)/t15-/m1/s1. The van der Waals surface area contributed by atoms with Crippen LogP contribution >= 0.6 is 0 Å². The maximum atomic E-state index is 12.3. The van der Waals surface area contributed by atoms with Gasteiger partial charge in [0.1, 0.15) is 5.75 Å². The first-order chi connectivity index (χ1) is 11.2. The summed E-state index contributed by atoms with van der Waals surface area (Å²) in [4.78, 5) is 12.3. The fraction of sp³-hybridized carbons (Fsp3) is 0.412. The number of aromatic nitrogens is 2. The van der Waals surface area contributed by atoms with E-state index < -0.39 is 0 Å². The number of hydrogen-bond donors (Lipinski definition) is 1. The molecule has 1 aliphatic heterocycles. The molecule has 2 heterocycles. The number of nitrogens with one attached hydrogen (secondary N) is 1. The second kappa shape index (κ2) is 6.83. The summed E-state index contributed by atoms with van der Waals surface area (Å²) in [6.45, 7) is 3.22. The molecule has 0 spiro atoms. The van der Waals surface area contributed by atoms with E-state index in [4.69, 9.17) is 9.47 Å². The molecular formula is C17H21N3O3. The van der Waals surface area contributed by atoms with Gasteiger partial charge < -0.3 is 14.8 Å². The molecule has 1 aliphatic rings. The summed E-state index contributed by atoms with van der Waals surface area (Å²) in [5.74, 6) is 0.672. The molecule has 0 bridgehead atoms. The zero-order chi connectivity index (χ0) is 16.2. The van der Waals surface area contributed by atoms with E-state index in [9.17, 15) is 4.79 Å². The van der Waals surface area contributed by atoms with Crippen LogP contribution in [0.2, 0.25) is 0 Å². The van der Waals surface area contributed by atoms with Gasteiger partial charge >= 0.3 is 0 Å². The molecule has 1 atom stereocenters. The average Bonchev–Trinajstić information content (AvgIpc) is 3.22. The van der Waals surface area contributed by atoms with E-state index >= 15 is 0 Å². The average molecular weight is 315 g/mol. The Kier molecular flexibility index (Phi) is 4.62. The van der Waals surface area contributed by atoms with Crippen LogP contribution in [0.4, 0.5) is 0 Å². The van der Waals surface area contributed by atoms with E-state index in [0.29, 0.717) is 12.1 Å². The molecule has 1 aromatic carbocycles. The van der Waals surface area contributed by atoms with E-state index in [1.54, 1.807) is 18.0 Å². The van der Waals surface area contributed by atoms with Gasteiger partial charge in [0, 0.05) is 13.2 Å². The second-order valence-electron chi connectivity index (χ2n) is 5.60. The zero-order valence-electron chi connectivity index (χ0n) is 13.4. The van der Waals surface area contributed by atoms with Gasteiger partial charge in [0.25, 0.3) is 5.91 Å². The molecule has 3 rings (SSSR count). The first kappa shape index (κ1) is 15.6. The summed E-state index contributed by atoms with van der Waals surface area (Å²) in [5.41, 5.74) is 2.28. The summed E-state index contributed by atoms with van der Waals surface area (Å²) in [6.07, 6.45) is 3.81. The van der Waals surface area contributed by atoms with E-state index in [1.165, 1.54) is 0 Å². The Labute approximate surface area is 135 Å². The predicted molar refractivity (Wildman–Crippen MR) is 86.2 cm³/mol. The quantitative estimate of drug-likeness (QED) is 0.917. The van der Waals surface area contributed by atoms with Crippen molar-refractivity contribution in [3.05, 3.63) is 41.7 Å². The minimum Gasteiger partial charge on any atom is -0.497 e. The molecule has 1 amide bonds. The number of benzene rings is 1. The van der Waals surface area contributed by atoms with Crippen molar-refractivity contribution in [3.63, 3.8) is 0 Å². The molecule has 122 valence electrons. The molecule has 1 saturated heterocycles. The van der Waals surface area contributed by atoms with Crippen molar-refractivity contribution in [1.82, 2.24) is 15.1 Å². The van der Waals surface area contributed by atoms with Gasteiger partial charge in [-0.1, -0.05) is 0 Å². The Balaban J connectivity index is 1.71. The molecule has 0 aliphatic carbocycles. The molecule has 6 nitrogen and oxygen atoms in total. The lowest BCUT2D eigenvalue weighted by Gasteiger charge is -2.11. The van der Waals surface area contributed by atoms with E-state index in [-0.39, 0.29) is 12.0 Å². The van der Waals surface area contributed by atoms with Crippen LogP contribution in [0.15, 0.2) is 30.5 Å². The van der Waals surface area contributed by atoms with Gasteiger partial charge in [0.2, 0.25) is 0 Å². The topological polar surface area (TPSA) is 65.4 Å². The monoisotopic (exact) mass is 315 g/mol. The zero-order valence-corrected chi connectivity index (χ0v) is 13.4. The lowest BCUT2D eigenvalue weighted by molar-refractivity contribution is 0.0857. The molecule has 0 radical (unpaired) electrons. The van der Waals surface area contributed by atoms with E-state index in [2.05, 4.69) is 10.4 Å². The number of rotatable bonds is 5. The fourth-order valence-electron chi connectivity index (χ4n) is 2.72. The van der Waals surface area contributed by atoms with Gasteiger partial charge in [-0.15, -0.1) is 0 Å². The van der Waals surface area contributed by atoms with Crippen molar-refractivity contribution in [3.8, 4) is 11.4 Å². The maximum Gasteiger partial charge on any atom is 0.254 e. The number of amides is 1. The largest absolute Gasteiger partial charge is 0.497 e. The SMILES string of the molecule is COc1ccc(-n2ncc(C(=O)NC[C@H]3CCCO3)c2C)cc1. The van der Waals surface area contributed by atoms with Gasteiger partial charge in [-0.05, 0) is 44.0 Å². The maximum absolute atomic E-state index is 12.3. The molecule has 6 heteroatoms. The van der Waals surface area contributed by atoms with Crippen LogP contribution in [0.5, 0.6) is 5.75 Å². The third-order valence-electron chi connectivity index (χ3n) is 4.09. The van der Waals surface area contributed by atoms with Gasteiger partial charge in [0.05, 0.1) is 36.4 Å². The summed E-state index contributed by atoms with van der Waals surface area (Å²) in [6, 6.07) is 7.56. The molecule has 1 N–H and O–H groups in total. The van der Waals surface area contributed by atoms with E-state index in [1.807, 2.05) is 31.2 Å². The van der Waals surface area contributed by atoms with Crippen molar-refractivity contribution >= 4 is 5.91 Å². The van der Waals surface area contributed by atoms with Crippen molar-refractivity contribution in [2.24, 2.45) is 0 Å². The third-order valence-corrected chi connectivity index (χ3v) is 4.09. The Morgan fingerprint density at radius 3 is 2.87 bits per heavy atom. The Morgan fingerprint density at radius 1 is 1.43 bits per heavy atom. The molecule has 0 saturated carbocycles. The van der Waals surface area contributed by atoms with Crippen LogP contribution in [0.1, 0.15) is 28.9 Å². The van der Waals surface area contributed by atoms with Crippen molar-refractivity contribution in [1.29, 1.82) is 0 Å². The highest BCUT2D eigenvalue weighted by Crippen LogP contribution is 2.18. The van der Waals surface area contributed by atoms with Gasteiger partial charge in [-0.25, -0.2) is 4.68 Å². The summed E-state index contributed by atoms with van der Waals surface area (Å²) in [7, 11) is 1.63. The normalized spacial score (nSPS) is 17.2. The number of ether oxygens (including phenoxy) is 2. The molecule has 23 heavy (non-hydrogen) atoms. The minimum atomic E-state index is -0.113. The lowest BCUT2D eigenvalue weighted by Crippen LogP contribution is -2.32. The molecular weight excluding hydrogens is 294 g/mol. The summed E-state index contributed by atoms with van der Waals surface area (Å²) in [5, 5.41) is 7.25. The third kappa shape index (κ3) is 3.37. The smallest absolute Gasteiger partial charge is 0.254 e. The minimum absolute atomic E-state index is 0.113. The molecule has 2 aromatic rings. The lowest BCUT2D eigenvalue weighted by atomic mass is 10.2. The Bertz CT molecular complexity index is 673. The highest BCUT2D eigenvalue weighted by Gasteiger charge is 2.19. The van der Waals surface area contributed by atoms with Crippen LogP contribution in [-0.2, 0) is 4.74 Å². The molecule has 0 unspecified atom stereocenters. The highest BCUT2D eigenvalue weighted by atomic mass is 16.5. The Hall–Kier alpha value is -2.34. The van der Waals surface area contributed by atoms with Crippen LogP contribution in [0.25, 0.3) is 5.69 Å². The molecule has 1 fully saturated rings. The predicted octanol–water partition coefficient (Wildman–Crippen LogP) is 2.10. The number of carbonyl (C=O) groups is 1. The van der Waals surface area contributed by atoms with Crippen molar-refractivity contribution in [2.75, 3.05) is 20.3 Å². The van der Waals surface area contributed by atoms with Crippen LogP contribution in [-0.4, -0.2) is 42.1 Å². The Morgan fingerprint density at radius 2 is 2.22 bits per heavy atom. The van der Waals surface area contributed by atoms with Crippen molar-refractivity contribution in [2.45, 2.75) is 25.9 Å². The van der Waals surface area contributed by atoms with Gasteiger partial charge in [-0.2, -0.15) is 5.10 Å². The van der Waals surface area contributed by atoms with E-state index in [0.717, 1.165) is 36.6 Å².